The molecule has 0 heteroatoms. The van der Waals surface area contributed by atoms with Gasteiger partial charge in [0.1, 0.15) is 0 Å². The molecule has 0 aromatic rings. The zero-order valence-electron chi connectivity index (χ0n) is 20.3. The van der Waals surface area contributed by atoms with Crippen LogP contribution in [0.2, 0.25) is 0 Å². The van der Waals surface area contributed by atoms with Gasteiger partial charge in [0.2, 0.25) is 0 Å². The summed E-state index contributed by atoms with van der Waals surface area (Å²) < 4.78 is 0. The summed E-state index contributed by atoms with van der Waals surface area (Å²) in [6, 6.07) is 0. The minimum Gasteiger partial charge on any atom is -0.0842 e. The van der Waals surface area contributed by atoms with Crippen LogP contribution in [0.1, 0.15) is 106 Å². The van der Waals surface area contributed by atoms with E-state index in [1.54, 1.807) is 5.57 Å². The summed E-state index contributed by atoms with van der Waals surface area (Å²) in [6.45, 7) is 15.2. The van der Waals surface area contributed by atoms with E-state index in [-0.39, 0.29) is 0 Å². The Morgan fingerprint density at radius 3 is 2.52 bits per heavy atom. The van der Waals surface area contributed by atoms with Crippen molar-refractivity contribution >= 4 is 0 Å². The smallest absolute Gasteiger partial charge is 0.00445 e. The predicted molar refractivity (Wildman–Crippen MR) is 127 cm³/mol. The van der Waals surface area contributed by atoms with E-state index >= 15 is 0 Å². The molecule has 8 atom stereocenters. The van der Waals surface area contributed by atoms with E-state index in [0.29, 0.717) is 10.8 Å². The first kappa shape index (κ1) is 21.7. The molecule has 29 heavy (non-hydrogen) atoms. The lowest BCUT2D eigenvalue weighted by Gasteiger charge is -2.57. The Kier molecular flexibility index (Phi) is 6.14. The maximum absolute atomic E-state index is 2.73. The number of hydrogen-bond donors (Lipinski definition) is 0. The van der Waals surface area contributed by atoms with Gasteiger partial charge in [-0.15, -0.1) is 0 Å². The molecule has 3 unspecified atom stereocenters. The molecule has 4 aliphatic carbocycles. The molecule has 0 nitrogen and oxygen atoms in total. The summed E-state index contributed by atoms with van der Waals surface area (Å²) in [7, 11) is 0. The fourth-order valence-electron chi connectivity index (χ4n) is 8.96. The van der Waals surface area contributed by atoms with Gasteiger partial charge in [-0.05, 0) is 109 Å². The van der Waals surface area contributed by atoms with Gasteiger partial charge < -0.3 is 0 Å². The summed E-state index contributed by atoms with van der Waals surface area (Å²) in [5.74, 6) is 6.57. The highest BCUT2D eigenvalue weighted by Crippen LogP contribution is 2.66. The molecule has 0 saturated heterocycles. The highest BCUT2D eigenvalue weighted by atomic mass is 14.6. The summed E-state index contributed by atoms with van der Waals surface area (Å²) >= 11 is 0. The van der Waals surface area contributed by atoms with Crippen molar-refractivity contribution in [3.8, 4) is 0 Å². The highest BCUT2D eigenvalue weighted by molar-refractivity contribution is 5.34. The molecule has 4 aliphatic rings. The van der Waals surface area contributed by atoms with Crippen LogP contribution >= 0.6 is 0 Å². The molecule has 0 amide bonds. The average Bonchev–Trinajstić information content (AvgIpc) is 3.05. The summed E-state index contributed by atoms with van der Waals surface area (Å²) in [5, 5.41) is 0. The first-order valence-electron chi connectivity index (χ1n) is 13.2. The van der Waals surface area contributed by atoms with Crippen molar-refractivity contribution in [1.29, 1.82) is 0 Å². The molecule has 164 valence electrons. The molecule has 4 rings (SSSR count). The zero-order valence-corrected chi connectivity index (χ0v) is 20.3. The third-order valence-electron chi connectivity index (χ3n) is 10.9. The SMILES string of the molecule is CC[C@H](CCC(C)C1CC[C@H]2C3CC=C4C=CCC[C@]4(C)[C@H]3CC[C@]12C)C(C)C. The molecule has 0 aliphatic heterocycles. The summed E-state index contributed by atoms with van der Waals surface area (Å²) in [4.78, 5) is 0. The van der Waals surface area contributed by atoms with Crippen LogP contribution in [-0.4, -0.2) is 0 Å². The molecule has 0 spiro atoms. The standard InChI is InChI=1S/C29H48/c1-7-22(20(2)3)12-11-21(4)25-15-16-26-24-14-13-23-10-8-9-18-28(23,5)27(24)17-19-29(25,26)6/h8,10,13,20-22,24-27H,7,9,11-12,14-19H2,1-6H3/t21?,22-,24?,25?,26+,27+,28+,29-/m1/s1. The Bertz CT molecular complexity index is 638. The molecule has 2 saturated carbocycles. The molecule has 2 fully saturated rings. The van der Waals surface area contributed by atoms with Crippen LogP contribution in [0.25, 0.3) is 0 Å². The van der Waals surface area contributed by atoms with E-state index in [0.717, 1.165) is 41.4 Å². The molecular weight excluding hydrogens is 348 g/mol. The largest absolute Gasteiger partial charge is 0.0842 e. The second kappa shape index (κ2) is 8.20. The first-order chi connectivity index (χ1) is 13.8. The number of hydrogen-bond acceptors (Lipinski definition) is 0. The van der Waals surface area contributed by atoms with E-state index in [4.69, 9.17) is 0 Å². The third-order valence-corrected chi connectivity index (χ3v) is 10.9. The molecule has 0 aromatic heterocycles. The Hall–Kier alpha value is -0.520. The minimum absolute atomic E-state index is 0.480. The van der Waals surface area contributed by atoms with Crippen molar-refractivity contribution in [3.05, 3.63) is 23.8 Å². The van der Waals surface area contributed by atoms with Gasteiger partial charge in [0.05, 0.1) is 0 Å². The van der Waals surface area contributed by atoms with Crippen molar-refractivity contribution < 1.29 is 0 Å². The van der Waals surface area contributed by atoms with E-state index in [1.165, 1.54) is 64.2 Å². The van der Waals surface area contributed by atoms with E-state index < -0.39 is 0 Å². The van der Waals surface area contributed by atoms with Crippen LogP contribution in [0, 0.1) is 52.3 Å². The fraction of sp³-hybridized carbons (Fsp3) is 0.862. The lowest BCUT2D eigenvalue weighted by Crippen LogP contribution is -2.49. The van der Waals surface area contributed by atoms with Gasteiger partial charge in [-0.2, -0.15) is 0 Å². The van der Waals surface area contributed by atoms with Crippen LogP contribution in [0.4, 0.5) is 0 Å². The highest BCUT2D eigenvalue weighted by Gasteiger charge is 2.58. The lowest BCUT2D eigenvalue weighted by molar-refractivity contribution is -0.0454. The van der Waals surface area contributed by atoms with Gasteiger partial charge >= 0.3 is 0 Å². The Labute approximate surface area is 182 Å². The van der Waals surface area contributed by atoms with E-state index in [9.17, 15) is 0 Å². The van der Waals surface area contributed by atoms with Gasteiger partial charge in [-0.25, -0.2) is 0 Å². The van der Waals surface area contributed by atoms with Crippen molar-refractivity contribution in [1.82, 2.24) is 0 Å². The van der Waals surface area contributed by atoms with Gasteiger partial charge in [0, 0.05) is 0 Å². The van der Waals surface area contributed by atoms with Crippen LogP contribution in [0.3, 0.4) is 0 Å². The summed E-state index contributed by atoms with van der Waals surface area (Å²) in [5.41, 5.74) is 2.79. The molecule has 0 radical (unpaired) electrons. The van der Waals surface area contributed by atoms with Crippen LogP contribution < -0.4 is 0 Å². The Balaban J connectivity index is 1.48. The predicted octanol–water partition coefficient (Wildman–Crippen LogP) is 8.83. The quantitative estimate of drug-likeness (QED) is 0.420. The van der Waals surface area contributed by atoms with Crippen molar-refractivity contribution in [3.63, 3.8) is 0 Å². The number of fused-ring (bicyclic) bond motifs is 5. The third kappa shape index (κ3) is 3.59. The molecular formula is C29H48. The normalized spacial score (nSPS) is 43.3. The van der Waals surface area contributed by atoms with Crippen LogP contribution in [0.5, 0.6) is 0 Å². The number of allylic oxidation sites excluding steroid dienone is 4. The molecule has 0 bridgehead atoms. The van der Waals surface area contributed by atoms with Gasteiger partial charge in [-0.1, -0.05) is 72.6 Å². The maximum atomic E-state index is 2.73. The maximum Gasteiger partial charge on any atom is -0.00445 e. The monoisotopic (exact) mass is 396 g/mol. The molecule has 0 aromatic carbocycles. The lowest BCUT2D eigenvalue weighted by atomic mass is 9.47. The van der Waals surface area contributed by atoms with E-state index in [2.05, 4.69) is 59.8 Å². The first-order valence-corrected chi connectivity index (χ1v) is 13.2. The fourth-order valence-corrected chi connectivity index (χ4v) is 8.96. The van der Waals surface area contributed by atoms with Crippen molar-refractivity contribution in [2.45, 2.75) is 106 Å². The molecule has 0 N–H and O–H groups in total. The average molecular weight is 397 g/mol. The Morgan fingerprint density at radius 1 is 1.00 bits per heavy atom. The minimum atomic E-state index is 0.480. The molecule has 0 heterocycles. The van der Waals surface area contributed by atoms with Crippen LogP contribution in [0.15, 0.2) is 23.8 Å². The van der Waals surface area contributed by atoms with Gasteiger partial charge in [-0.3, -0.25) is 0 Å². The van der Waals surface area contributed by atoms with Gasteiger partial charge in [0.25, 0.3) is 0 Å². The zero-order chi connectivity index (χ0) is 20.8. The van der Waals surface area contributed by atoms with Crippen molar-refractivity contribution in [2.75, 3.05) is 0 Å². The second-order valence-corrected chi connectivity index (χ2v) is 12.3. The topological polar surface area (TPSA) is 0 Å². The van der Waals surface area contributed by atoms with E-state index in [1.807, 2.05) is 0 Å². The Morgan fingerprint density at radius 2 is 1.79 bits per heavy atom. The second-order valence-electron chi connectivity index (χ2n) is 12.3. The number of rotatable bonds is 6. The summed E-state index contributed by atoms with van der Waals surface area (Å²) in [6.07, 6.45) is 21.9. The van der Waals surface area contributed by atoms with Crippen molar-refractivity contribution in [2.24, 2.45) is 52.3 Å². The van der Waals surface area contributed by atoms with Crippen LogP contribution in [-0.2, 0) is 0 Å². The van der Waals surface area contributed by atoms with Gasteiger partial charge in [0.15, 0.2) is 0 Å².